The SMILES string of the molecule is CC.Cc1cc(OCP(=O)(O)O)c(C)cc1Cc1ccc(O)c(C(C)C)c1. The van der Waals surface area contributed by atoms with E-state index in [1.165, 1.54) is 0 Å². The third-order valence-corrected chi connectivity index (χ3v) is 4.60. The van der Waals surface area contributed by atoms with Gasteiger partial charge in [0.25, 0.3) is 0 Å². The third-order valence-electron chi connectivity index (χ3n) is 4.13. The highest BCUT2D eigenvalue weighted by molar-refractivity contribution is 7.51. The van der Waals surface area contributed by atoms with Crippen LogP contribution in [0.2, 0.25) is 0 Å². The van der Waals surface area contributed by atoms with Crippen LogP contribution in [0.4, 0.5) is 0 Å². The molecular weight excluding hydrogens is 363 g/mol. The summed E-state index contributed by atoms with van der Waals surface area (Å²) in [7, 11) is -4.20. The Morgan fingerprint density at radius 3 is 2.22 bits per heavy atom. The van der Waals surface area contributed by atoms with E-state index in [1.54, 1.807) is 6.07 Å². The van der Waals surface area contributed by atoms with Gasteiger partial charge >= 0.3 is 7.60 Å². The highest BCUT2D eigenvalue weighted by Gasteiger charge is 2.16. The number of aryl methyl sites for hydroxylation is 2. The second kappa shape index (κ2) is 9.93. The number of aromatic hydroxyl groups is 1. The minimum absolute atomic E-state index is 0.242. The Labute approximate surface area is 162 Å². The topological polar surface area (TPSA) is 87.0 Å². The molecule has 0 bridgehead atoms. The summed E-state index contributed by atoms with van der Waals surface area (Å²) < 4.78 is 16.2. The van der Waals surface area contributed by atoms with E-state index in [0.717, 1.165) is 27.8 Å². The Kier molecular flexibility index (Phi) is 8.55. The average Bonchev–Trinajstić information content (AvgIpc) is 2.59. The lowest BCUT2D eigenvalue weighted by Crippen LogP contribution is -2.02. The van der Waals surface area contributed by atoms with Gasteiger partial charge in [-0.25, -0.2) is 0 Å². The fraction of sp³-hybridized carbons (Fsp3) is 0.429. The number of phenols is 1. The molecule has 2 rings (SSSR count). The summed E-state index contributed by atoms with van der Waals surface area (Å²) in [4.78, 5) is 17.9. The first-order valence-corrected chi connectivity index (χ1v) is 11.0. The van der Waals surface area contributed by atoms with E-state index < -0.39 is 13.9 Å². The van der Waals surface area contributed by atoms with Crippen LogP contribution in [-0.2, 0) is 11.0 Å². The first kappa shape index (κ1) is 23.2. The number of phenolic OH excluding ortho intramolecular Hbond substituents is 1. The molecule has 6 heteroatoms. The van der Waals surface area contributed by atoms with Crippen molar-refractivity contribution in [2.75, 3.05) is 6.35 Å². The van der Waals surface area contributed by atoms with Gasteiger partial charge in [-0.1, -0.05) is 45.9 Å². The lowest BCUT2D eigenvalue weighted by atomic mass is 9.94. The first-order chi connectivity index (χ1) is 12.6. The molecule has 0 spiro atoms. The van der Waals surface area contributed by atoms with Crippen LogP contribution in [0.5, 0.6) is 11.5 Å². The van der Waals surface area contributed by atoms with Crippen molar-refractivity contribution in [2.24, 2.45) is 0 Å². The zero-order chi connectivity index (χ0) is 20.8. The summed E-state index contributed by atoms with van der Waals surface area (Å²) >= 11 is 0. The molecule has 27 heavy (non-hydrogen) atoms. The van der Waals surface area contributed by atoms with E-state index in [1.807, 2.05) is 65.8 Å². The largest absolute Gasteiger partial charge is 0.508 e. The summed E-state index contributed by atoms with van der Waals surface area (Å²) in [5.41, 5.74) is 4.96. The molecule has 0 aliphatic heterocycles. The van der Waals surface area contributed by atoms with Crippen molar-refractivity contribution in [3.63, 3.8) is 0 Å². The van der Waals surface area contributed by atoms with Crippen LogP contribution in [0, 0.1) is 13.8 Å². The molecular formula is C21H31O5P. The van der Waals surface area contributed by atoms with E-state index in [-0.39, 0.29) is 5.92 Å². The lowest BCUT2D eigenvalue weighted by Gasteiger charge is -2.15. The number of hydrogen-bond donors (Lipinski definition) is 3. The molecule has 150 valence electrons. The highest BCUT2D eigenvalue weighted by atomic mass is 31.2. The average molecular weight is 394 g/mol. The van der Waals surface area contributed by atoms with Gasteiger partial charge in [-0.2, -0.15) is 0 Å². The molecule has 0 fully saturated rings. The fourth-order valence-electron chi connectivity index (χ4n) is 2.75. The highest BCUT2D eigenvalue weighted by Crippen LogP contribution is 2.36. The van der Waals surface area contributed by atoms with Gasteiger partial charge in [0, 0.05) is 0 Å². The van der Waals surface area contributed by atoms with Gasteiger partial charge in [0.1, 0.15) is 11.5 Å². The van der Waals surface area contributed by atoms with Crippen LogP contribution in [0.15, 0.2) is 30.3 Å². The van der Waals surface area contributed by atoms with E-state index in [0.29, 0.717) is 17.9 Å². The van der Waals surface area contributed by atoms with Crippen LogP contribution in [0.25, 0.3) is 0 Å². The Hall–Kier alpha value is -1.81. The minimum atomic E-state index is -4.20. The Bertz CT molecular complexity index is 808. The zero-order valence-electron chi connectivity index (χ0n) is 17.0. The van der Waals surface area contributed by atoms with E-state index in [9.17, 15) is 9.67 Å². The molecule has 0 aromatic heterocycles. The quantitative estimate of drug-likeness (QED) is 0.582. The Morgan fingerprint density at radius 1 is 1.04 bits per heavy atom. The van der Waals surface area contributed by atoms with Crippen molar-refractivity contribution in [3.8, 4) is 11.5 Å². The third kappa shape index (κ3) is 7.02. The van der Waals surface area contributed by atoms with E-state index in [4.69, 9.17) is 14.5 Å². The second-order valence-electron chi connectivity index (χ2n) is 6.71. The zero-order valence-corrected chi connectivity index (χ0v) is 17.9. The summed E-state index contributed by atoms with van der Waals surface area (Å²) in [6.07, 6.45) is 0.0911. The van der Waals surface area contributed by atoms with Crippen LogP contribution in [-0.4, -0.2) is 21.2 Å². The normalized spacial score (nSPS) is 11.1. The summed E-state index contributed by atoms with van der Waals surface area (Å²) in [5.74, 6) is 1.04. The van der Waals surface area contributed by atoms with E-state index >= 15 is 0 Å². The maximum absolute atomic E-state index is 11.0. The van der Waals surface area contributed by atoms with Gasteiger partial charge in [-0.3, -0.25) is 4.57 Å². The van der Waals surface area contributed by atoms with Gasteiger partial charge in [-0.15, -0.1) is 0 Å². The molecule has 0 aliphatic carbocycles. The maximum Gasteiger partial charge on any atom is 0.362 e. The van der Waals surface area contributed by atoms with Crippen molar-refractivity contribution in [2.45, 2.75) is 53.9 Å². The van der Waals surface area contributed by atoms with Gasteiger partial charge in [0.2, 0.25) is 0 Å². The molecule has 2 aromatic carbocycles. The Balaban J connectivity index is 0.00000176. The van der Waals surface area contributed by atoms with Gasteiger partial charge in [0.05, 0.1) is 0 Å². The number of benzene rings is 2. The van der Waals surface area contributed by atoms with Crippen LogP contribution in [0.1, 0.15) is 61.4 Å². The lowest BCUT2D eigenvalue weighted by molar-refractivity contribution is 0.299. The molecule has 0 saturated carbocycles. The number of rotatable bonds is 6. The van der Waals surface area contributed by atoms with Crippen molar-refractivity contribution in [1.29, 1.82) is 0 Å². The van der Waals surface area contributed by atoms with Gasteiger partial charge < -0.3 is 19.6 Å². The first-order valence-electron chi connectivity index (χ1n) is 9.16. The van der Waals surface area contributed by atoms with Crippen molar-refractivity contribution < 1.29 is 24.2 Å². The van der Waals surface area contributed by atoms with Crippen molar-refractivity contribution in [3.05, 3.63) is 58.1 Å². The molecule has 0 radical (unpaired) electrons. The monoisotopic (exact) mass is 394 g/mol. The molecule has 0 heterocycles. The predicted molar refractivity (Wildman–Crippen MR) is 110 cm³/mol. The van der Waals surface area contributed by atoms with Crippen molar-refractivity contribution in [1.82, 2.24) is 0 Å². The summed E-state index contributed by atoms with van der Waals surface area (Å²) in [6, 6.07) is 9.45. The standard InChI is InChI=1S/C19H25O5P.C2H6/c1-12(2)17-10-15(5-6-18(17)20)9-16-7-14(4)19(8-13(16)3)24-11-25(21,22)23;1-2/h5-8,10,12,20H,9,11H2,1-4H3,(H2,21,22,23);1-2H3. The molecule has 0 saturated heterocycles. The molecule has 0 amide bonds. The molecule has 0 unspecified atom stereocenters. The second-order valence-corrected chi connectivity index (χ2v) is 8.29. The molecule has 3 N–H and O–H groups in total. The number of hydrogen-bond acceptors (Lipinski definition) is 3. The molecule has 5 nitrogen and oxygen atoms in total. The predicted octanol–water partition coefficient (Wildman–Crippen LogP) is 5.26. The van der Waals surface area contributed by atoms with Crippen molar-refractivity contribution >= 4 is 7.60 Å². The molecule has 2 aromatic rings. The van der Waals surface area contributed by atoms with Gasteiger partial charge in [0.15, 0.2) is 6.35 Å². The molecule has 0 aliphatic rings. The molecule has 0 atom stereocenters. The minimum Gasteiger partial charge on any atom is -0.508 e. The fourth-order valence-corrected chi connectivity index (χ4v) is 3.05. The van der Waals surface area contributed by atoms with E-state index in [2.05, 4.69) is 0 Å². The number of ether oxygens (including phenoxy) is 1. The smallest absolute Gasteiger partial charge is 0.362 e. The Morgan fingerprint density at radius 2 is 1.67 bits per heavy atom. The van der Waals surface area contributed by atoms with Gasteiger partial charge in [-0.05, 0) is 66.1 Å². The maximum atomic E-state index is 11.0. The summed E-state index contributed by atoms with van der Waals surface area (Å²) in [6.45, 7) is 11.9. The van der Waals surface area contributed by atoms with Crippen LogP contribution in [0.3, 0.4) is 0 Å². The van der Waals surface area contributed by atoms with Crippen LogP contribution >= 0.6 is 7.60 Å². The van der Waals surface area contributed by atoms with Crippen LogP contribution < -0.4 is 4.74 Å². The summed E-state index contributed by atoms with van der Waals surface area (Å²) in [5, 5.41) is 9.95.